The second-order valence-electron chi connectivity index (χ2n) is 9.73. The Bertz CT molecular complexity index is 1230. The number of nitrogens with zero attached hydrogens (tertiary/aromatic N) is 3. The third kappa shape index (κ3) is 3.29. The van der Waals surface area contributed by atoms with Crippen molar-refractivity contribution in [2.75, 3.05) is 20.2 Å². The number of para-hydroxylation sites is 1. The van der Waals surface area contributed by atoms with Gasteiger partial charge < -0.3 is 14.4 Å². The van der Waals surface area contributed by atoms with E-state index < -0.39 is 5.72 Å². The Balaban J connectivity index is 1.42. The van der Waals surface area contributed by atoms with Gasteiger partial charge in [-0.2, -0.15) is 5.10 Å². The molecule has 0 unspecified atom stereocenters. The van der Waals surface area contributed by atoms with E-state index in [0.717, 1.165) is 49.6 Å². The summed E-state index contributed by atoms with van der Waals surface area (Å²) in [5.41, 5.74) is 3.07. The minimum absolute atomic E-state index is 0.163. The maximum Gasteiger partial charge on any atom is 0.200 e. The Hall–Kier alpha value is -3.05. The minimum atomic E-state index is -0.434. The van der Waals surface area contributed by atoms with E-state index in [0.29, 0.717) is 6.04 Å². The van der Waals surface area contributed by atoms with Crippen molar-refractivity contribution in [2.45, 2.75) is 50.9 Å². The number of rotatable bonds is 3. The largest absolute Gasteiger partial charge is 0.493 e. The Kier molecular flexibility index (Phi) is 4.84. The highest BCUT2D eigenvalue weighted by Crippen LogP contribution is 2.52. The number of ether oxygens (including phenoxy) is 2. The average molecular weight is 442 g/mol. The van der Waals surface area contributed by atoms with Crippen LogP contribution in [0.1, 0.15) is 50.3 Å². The molecule has 1 fully saturated rings. The Morgan fingerprint density at radius 1 is 1.00 bits per heavy atom. The van der Waals surface area contributed by atoms with Crippen LogP contribution in [0.3, 0.4) is 0 Å². The van der Waals surface area contributed by atoms with Gasteiger partial charge in [-0.05, 0) is 42.3 Å². The molecule has 5 nitrogen and oxygen atoms in total. The van der Waals surface area contributed by atoms with Crippen molar-refractivity contribution >= 4 is 16.5 Å². The van der Waals surface area contributed by atoms with Gasteiger partial charge >= 0.3 is 0 Å². The predicted molar refractivity (Wildman–Crippen MR) is 132 cm³/mol. The molecule has 3 aromatic rings. The zero-order valence-corrected chi connectivity index (χ0v) is 19.6. The van der Waals surface area contributed by atoms with Crippen molar-refractivity contribution in [1.29, 1.82) is 0 Å². The Morgan fingerprint density at radius 2 is 1.79 bits per heavy atom. The third-order valence-corrected chi connectivity index (χ3v) is 7.60. The van der Waals surface area contributed by atoms with Crippen molar-refractivity contribution in [3.63, 3.8) is 0 Å². The molecular formula is C28H31N3O2. The number of hydrogen-bond acceptors (Lipinski definition) is 5. The maximum atomic E-state index is 6.85. The van der Waals surface area contributed by atoms with Gasteiger partial charge in [0, 0.05) is 44.0 Å². The monoisotopic (exact) mass is 441 g/mol. The Morgan fingerprint density at radius 3 is 2.55 bits per heavy atom. The molecule has 1 atom stereocenters. The molecule has 3 aliphatic heterocycles. The topological polar surface area (TPSA) is 37.3 Å². The average Bonchev–Trinajstić information content (AvgIpc) is 3.31. The van der Waals surface area contributed by atoms with Crippen molar-refractivity contribution in [3.05, 3.63) is 71.8 Å². The second-order valence-corrected chi connectivity index (χ2v) is 9.73. The van der Waals surface area contributed by atoms with Crippen LogP contribution in [-0.2, 0) is 0 Å². The second kappa shape index (κ2) is 7.77. The molecule has 3 aliphatic rings. The molecular weight excluding hydrogens is 410 g/mol. The first-order valence-electron chi connectivity index (χ1n) is 12.0. The quantitative estimate of drug-likeness (QED) is 0.531. The summed E-state index contributed by atoms with van der Waals surface area (Å²) in [5, 5.41) is 10.1. The molecule has 1 saturated heterocycles. The summed E-state index contributed by atoms with van der Waals surface area (Å²) >= 11 is 0. The number of benzene rings is 3. The molecule has 0 N–H and O–H groups in total. The van der Waals surface area contributed by atoms with Crippen LogP contribution < -0.4 is 9.47 Å². The fraction of sp³-hybridized carbons (Fsp3) is 0.393. The molecule has 33 heavy (non-hydrogen) atoms. The summed E-state index contributed by atoms with van der Waals surface area (Å²) in [4.78, 5) is 2.53. The van der Waals surface area contributed by atoms with E-state index in [-0.39, 0.29) is 6.04 Å². The highest BCUT2D eigenvalue weighted by molar-refractivity contribution is 6.04. The minimum Gasteiger partial charge on any atom is -0.493 e. The van der Waals surface area contributed by atoms with Gasteiger partial charge in [-0.1, -0.05) is 48.5 Å². The lowest BCUT2D eigenvalue weighted by Gasteiger charge is -2.51. The molecule has 6 rings (SSSR count). The van der Waals surface area contributed by atoms with Crippen LogP contribution in [0, 0.1) is 0 Å². The summed E-state index contributed by atoms with van der Waals surface area (Å²) in [7, 11) is 1.73. The van der Waals surface area contributed by atoms with Crippen LogP contribution in [0.2, 0.25) is 0 Å². The molecule has 3 heterocycles. The predicted octanol–water partition coefficient (Wildman–Crippen LogP) is 5.59. The number of fused-ring (bicyclic) bond motifs is 5. The summed E-state index contributed by atoms with van der Waals surface area (Å²) in [6.45, 7) is 6.55. The van der Waals surface area contributed by atoms with Gasteiger partial charge in [0.1, 0.15) is 0 Å². The first-order valence-corrected chi connectivity index (χ1v) is 12.0. The number of piperidine rings is 1. The third-order valence-electron chi connectivity index (χ3n) is 7.60. The lowest BCUT2D eigenvalue weighted by molar-refractivity contribution is -0.153. The van der Waals surface area contributed by atoms with Crippen molar-refractivity contribution < 1.29 is 9.47 Å². The van der Waals surface area contributed by atoms with Gasteiger partial charge in [-0.15, -0.1) is 0 Å². The number of hydrogen-bond donors (Lipinski definition) is 0. The van der Waals surface area contributed by atoms with Crippen LogP contribution in [0.4, 0.5) is 0 Å². The SMILES string of the molecule is COc1cccc2c1OC1(CCN(C(C)C)CC1)N1N=C(c3ccc4ccccc4c3)C[C@H]21. The fourth-order valence-electron chi connectivity index (χ4n) is 5.69. The zero-order chi connectivity index (χ0) is 22.6. The van der Waals surface area contributed by atoms with Gasteiger partial charge in [-0.3, -0.25) is 0 Å². The highest BCUT2D eigenvalue weighted by atomic mass is 16.5. The van der Waals surface area contributed by atoms with Crippen molar-refractivity contribution in [3.8, 4) is 11.5 Å². The van der Waals surface area contributed by atoms with Crippen molar-refractivity contribution in [1.82, 2.24) is 9.91 Å². The molecule has 0 radical (unpaired) electrons. The molecule has 3 aromatic carbocycles. The molecule has 0 aliphatic carbocycles. The molecule has 1 spiro atoms. The highest BCUT2D eigenvalue weighted by Gasteiger charge is 2.52. The van der Waals surface area contributed by atoms with E-state index in [4.69, 9.17) is 14.6 Å². The molecule has 0 saturated carbocycles. The zero-order valence-electron chi connectivity index (χ0n) is 19.6. The van der Waals surface area contributed by atoms with E-state index in [1.54, 1.807) is 7.11 Å². The Labute approximate surface area is 195 Å². The van der Waals surface area contributed by atoms with Gasteiger partial charge in [0.2, 0.25) is 5.72 Å². The fourth-order valence-corrected chi connectivity index (χ4v) is 5.69. The first kappa shape index (κ1) is 20.5. The summed E-state index contributed by atoms with van der Waals surface area (Å²) in [5.74, 6) is 1.71. The van der Waals surface area contributed by atoms with E-state index in [9.17, 15) is 0 Å². The molecule has 0 amide bonds. The number of hydrazone groups is 1. The molecule has 0 aromatic heterocycles. The van der Waals surface area contributed by atoms with Crippen LogP contribution >= 0.6 is 0 Å². The van der Waals surface area contributed by atoms with Crippen LogP contribution in [0.25, 0.3) is 10.8 Å². The molecule has 0 bridgehead atoms. The lowest BCUT2D eigenvalue weighted by atomic mass is 9.90. The van der Waals surface area contributed by atoms with Gasteiger partial charge in [0.15, 0.2) is 11.5 Å². The number of methoxy groups -OCH3 is 1. The maximum absolute atomic E-state index is 6.85. The summed E-state index contributed by atoms with van der Waals surface area (Å²) in [6, 6.07) is 22.1. The van der Waals surface area contributed by atoms with Gasteiger partial charge in [-0.25, -0.2) is 5.01 Å². The van der Waals surface area contributed by atoms with E-state index in [1.165, 1.54) is 21.9 Å². The van der Waals surface area contributed by atoms with Gasteiger partial charge in [0.05, 0.1) is 18.9 Å². The van der Waals surface area contributed by atoms with Crippen LogP contribution in [-0.4, -0.2) is 47.6 Å². The van der Waals surface area contributed by atoms with Crippen LogP contribution in [0.15, 0.2) is 65.8 Å². The van der Waals surface area contributed by atoms with Gasteiger partial charge in [0.25, 0.3) is 0 Å². The molecule has 170 valence electrons. The van der Waals surface area contributed by atoms with E-state index in [1.807, 2.05) is 6.07 Å². The van der Waals surface area contributed by atoms with E-state index in [2.05, 4.69) is 78.4 Å². The number of likely N-dealkylation sites (tertiary alicyclic amines) is 1. The molecule has 5 heteroatoms. The lowest BCUT2D eigenvalue weighted by Crippen LogP contribution is -2.59. The smallest absolute Gasteiger partial charge is 0.200 e. The van der Waals surface area contributed by atoms with Crippen LogP contribution in [0.5, 0.6) is 11.5 Å². The summed E-state index contributed by atoms with van der Waals surface area (Å²) in [6.07, 6.45) is 2.72. The van der Waals surface area contributed by atoms with Crippen molar-refractivity contribution in [2.24, 2.45) is 5.10 Å². The summed E-state index contributed by atoms with van der Waals surface area (Å²) < 4.78 is 12.6. The first-order chi connectivity index (χ1) is 16.1. The normalized spacial score (nSPS) is 21.6. The standard InChI is InChI=1S/C28H31N3O2/c1-19(2)30-15-13-28(14-16-30)31-25(23-9-6-10-26(32-3)27(23)33-28)18-24(29-31)22-12-11-20-7-4-5-8-21(20)17-22/h4-12,17,19,25H,13-16,18H2,1-3H3/t25-/m1/s1. The van der Waals surface area contributed by atoms with E-state index >= 15 is 0 Å².